The van der Waals surface area contributed by atoms with Crippen LogP contribution in [0.4, 0.5) is 4.39 Å². The molecule has 0 saturated heterocycles. The first-order chi connectivity index (χ1) is 9.92. The largest absolute Gasteiger partial charge is 0.381 e. The van der Waals surface area contributed by atoms with Crippen molar-refractivity contribution < 1.29 is 17.5 Å². The molecule has 0 aliphatic rings. The van der Waals surface area contributed by atoms with Gasteiger partial charge in [-0.15, -0.1) is 0 Å². The molecule has 5 nitrogen and oxygen atoms in total. The summed E-state index contributed by atoms with van der Waals surface area (Å²) in [6.07, 6.45) is 1.46. The highest BCUT2D eigenvalue weighted by molar-refractivity contribution is 7.89. The highest BCUT2D eigenvalue weighted by Gasteiger charge is 2.18. The zero-order valence-electron chi connectivity index (χ0n) is 11.9. The Morgan fingerprint density at radius 1 is 1.38 bits per heavy atom. The molecule has 0 aliphatic carbocycles. The van der Waals surface area contributed by atoms with Crippen molar-refractivity contribution >= 4 is 21.6 Å². The smallest absolute Gasteiger partial charge is 0.240 e. The molecule has 120 valence electrons. The quantitative estimate of drug-likeness (QED) is 0.675. The van der Waals surface area contributed by atoms with Gasteiger partial charge in [0.25, 0.3) is 0 Å². The van der Waals surface area contributed by atoms with Crippen molar-refractivity contribution in [3.05, 3.63) is 28.5 Å². The van der Waals surface area contributed by atoms with Gasteiger partial charge in [0, 0.05) is 26.3 Å². The van der Waals surface area contributed by atoms with Crippen molar-refractivity contribution in [2.45, 2.75) is 31.2 Å². The minimum Gasteiger partial charge on any atom is -0.381 e. The first-order valence-corrected chi connectivity index (χ1v) is 8.54. The zero-order chi connectivity index (χ0) is 15.9. The highest BCUT2D eigenvalue weighted by atomic mass is 35.5. The van der Waals surface area contributed by atoms with Crippen molar-refractivity contribution in [3.63, 3.8) is 0 Å². The highest BCUT2D eigenvalue weighted by Crippen LogP contribution is 2.24. The summed E-state index contributed by atoms with van der Waals surface area (Å²) in [7, 11) is -3.78. The number of benzene rings is 1. The molecule has 21 heavy (non-hydrogen) atoms. The molecule has 1 rings (SSSR count). The lowest BCUT2D eigenvalue weighted by Gasteiger charge is -2.10. The first kappa shape index (κ1) is 18.3. The number of hydrogen-bond acceptors (Lipinski definition) is 4. The third-order valence-electron chi connectivity index (χ3n) is 2.71. The minimum absolute atomic E-state index is 0.0377. The molecular weight excluding hydrogens is 319 g/mol. The maximum Gasteiger partial charge on any atom is 0.240 e. The van der Waals surface area contributed by atoms with Crippen molar-refractivity contribution in [1.29, 1.82) is 0 Å². The first-order valence-electron chi connectivity index (χ1n) is 6.67. The van der Waals surface area contributed by atoms with Crippen molar-refractivity contribution in [2.24, 2.45) is 5.73 Å². The summed E-state index contributed by atoms with van der Waals surface area (Å²) in [6.45, 7) is 3.29. The average molecular weight is 339 g/mol. The van der Waals surface area contributed by atoms with E-state index in [1.165, 1.54) is 6.07 Å². The van der Waals surface area contributed by atoms with Gasteiger partial charge in [0.05, 0.1) is 9.92 Å². The van der Waals surface area contributed by atoms with Gasteiger partial charge in [-0.25, -0.2) is 17.5 Å². The summed E-state index contributed by atoms with van der Waals surface area (Å²) < 4.78 is 45.3. The fraction of sp³-hybridized carbons (Fsp3) is 0.538. The molecule has 0 fully saturated rings. The molecule has 0 aromatic heterocycles. The lowest BCUT2D eigenvalue weighted by atomic mass is 10.2. The molecule has 0 bridgehead atoms. The maximum absolute atomic E-state index is 13.6. The lowest BCUT2D eigenvalue weighted by molar-refractivity contribution is 0.133. The predicted molar refractivity (Wildman–Crippen MR) is 80.2 cm³/mol. The lowest BCUT2D eigenvalue weighted by Crippen LogP contribution is -2.26. The fourth-order valence-corrected chi connectivity index (χ4v) is 2.95. The molecule has 0 heterocycles. The monoisotopic (exact) mass is 338 g/mol. The van der Waals surface area contributed by atoms with Crippen LogP contribution in [0.15, 0.2) is 17.0 Å². The number of halogens is 2. The van der Waals surface area contributed by atoms with Gasteiger partial charge in [-0.2, -0.15) is 0 Å². The number of ether oxygens (including phenoxy) is 1. The Hall–Kier alpha value is -0.730. The second-order valence-corrected chi connectivity index (χ2v) is 6.59. The molecule has 8 heteroatoms. The number of rotatable bonds is 9. The molecule has 1 aromatic carbocycles. The van der Waals surface area contributed by atoms with Gasteiger partial charge < -0.3 is 10.5 Å². The molecule has 0 amide bonds. The number of nitrogens with one attached hydrogen (secondary N) is 1. The molecule has 0 unspecified atom stereocenters. The second kappa shape index (κ2) is 8.65. The summed E-state index contributed by atoms with van der Waals surface area (Å²) in [6, 6.07) is 2.17. The molecular formula is C13H20ClFN2O3S. The standard InChI is InChI=1S/C13H20ClFN2O3S/c1-2-5-20-6-3-4-17-21(18,19)11-7-10(9-16)13(14)12(15)8-11/h7-8,17H,2-6,9,16H2,1H3. The van der Waals surface area contributed by atoms with E-state index >= 15 is 0 Å². The van der Waals surface area contributed by atoms with E-state index in [1.54, 1.807) is 0 Å². The van der Waals surface area contributed by atoms with Crippen LogP contribution in [0.5, 0.6) is 0 Å². The minimum atomic E-state index is -3.78. The fourth-order valence-electron chi connectivity index (χ4n) is 1.63. The van der Waals surface area contributed by atoms with E-state index in [1.807, 2.05) is 6.92 Å². The van der Waals surface area contributed by atoms with Crippen LogP contribution in [0.2, 0.25) is 5.02 Å². The van der Waals surface area contributed by atoms with Crippen LogP contribution in [0, 0.1) is 5.82 Å². The summed E-state index contributed by atoms with van der Waals surface area (Å²) in [5.74, 6) is -0.800. The zero-order valence-corrected chi connectivity index (χ0v) is 13.4. The third kappa shape index (κ3) is 5.52. The number of sulfonamides is 1. The Kier molecular flexibility index (Phi) is 7.55. The van der Waals surface area contributed by atoms with E-state index in [9.17, 15) is 12.8 Å². The summed E-state index contributed by atoms with van der Waals surface area (Å²) in [4.78, 5) is -0.181. The Labute approximate surface area is 129 Å². The second-order valence-electron chi connectivity index (χ2n) is 4.45. The number of nitrogens with two attached hydrogens (primary N) is 1. The van der Waals surface area contributed by atoms with Crippen molar-refractivity contribution in [2.75, 3.05) is 19.8 Å². The Bertz CT molecular complexity index is 567. The van der Waals surface area contributed by atoms with Gasteiger partial charge in [-0.3, -0.25) is 0 Å². The van der Waals surface area contributed by atoms with Gasteiger partial charge in [-0.05, 0) is 30.5 Å². The van der Waals surface area contributed by atoms with Crippen LogP contribution in [-0.4, -0.2) is 28.2 Å². The van der Waals surface area contributed by atoms with Crippen molar-refractivity contribution in [3.8, 4) is 0 Å². The average Bonchev–Trinajstić information content (AvgIpc) is 2.45. The molecule has 0 radical (unpaired) electrons. The number of hydrogen-bond donors (Lipinski definition) is 2. The summed E-state index contributed by atoms with van der Waals surface area (Å²) in [5, 5.41) is -0.149. The Morgan fingerprint density at radius 2 is 2.10 bits per heavy atom. The van der Waals surface area contributed by atoms with E-state index in [0.29, 0.717) is 19.6 Å². The van der Waals surface area contributed by atoms with Crippen LogP contribution in [0.25, 0.3) is 0 Å². The van der Waals surface area contributed by atoms with Gasteiger partial charge in [0.2, 0.25) is 10.0 Å². The summed E-state index contributed by atoms with van der Waals surface area (Å²) in [5.41, 5.74) is 5.67. The normalized spacial score (nSPS) is 11.8. The Balaban J connectivity index is 2.68. The van der Waals surface area contributed by atoms with Gasteiger partial charge >= 0.3 is 0 Å². The van der Waals surface area contributed by atoms with E-state index in [0.717, 1.165) is 12.5 Å². The van der Waals surface area contributed by atoms with Crippen LogP contribution in [-0.2, 0) is 21.3 Å². The maximum atomic E-state index is 13.6. The molecule has 0 aliphatic heterocycles. The third-order valence-corrected chi connectivity index (χ3v) is 4.58. The molecule has 0 saturated carbocycles. The van der Waals surface area contributed by atoms with Crippen molar-refractivity contribution in [1.82, 2.24) is 4.72 Å². The Morgan fingerprint density at radius 3 is 2.71 bits per heavy atom. The van der Waals surface area contributed by atoms with E-state index < -0.39 is 15.8 Å². The van der Waals surface area contributed by atoms with E-state index in [2.05, 4.69) is 4.72 Å². The predicted octanol–water partition coefficient (Wildman–Crippen LogP) is 2.03. The van der Waals surface area contributed by atoms with Crippen LogP contribution < -0.4 is 10.5 Å². The molecule has 0 spiro atoms. The molecule has 3 N–H and O–H groups in total. The van der Waals surface area contributed by atoms with Gasteiger partial charge in [-0.1, -0.05) is 18.5 Å². The van der Waals surface area contributed by atoms with Crippen LogP contribution in [0.1, 0.15) is 25.3 Å². The van der Waals surface area contributed by atoms with Gasteiger partial charge in [0.1, 0.15) is 5.82 Å². The van der Waals surface area contributed by atoms with Gasteiger partial charge in [0.15, 0.2) is 0 Å². The van der Waals surface area contributed by atoms with E-state index in [4.69, 9.17) is 22.1 Å². The topological polar surface area (TPSA) is 81.4 Å². The molecule has 1 aromatic rings. The SMILES string of the molecule is CCCOCCCNS(=O)(=O)c1cc(F)c(Cl)c(CN)c1. The summed E-state index contributed by atoms with van der Waals surface area (Å²) >= 11 is 5.70. The van der Waals surface area contributed by atoms with Crippen LogP contribution >= 0.6 is 11.6 Å². The van der Waals surface area contributed by atoms with Crippen LogP contribution in [0.3, 0.4) is 0 Å². The van der Waals surface area contributed by atoms with E-state index in [-0.39, 0.29) is 28.6 Å². The molecule has 0 atom stereocenters.